The first-order valence-corrected chi connectivity index (χ1v) is 8.17. The monoisotopic (exact) mass is 358 g/mol. The molecule has 8 heteroatoms. The summed E-state index contributed by atoms with van der Waals surface area (Å²) < 4.78 is 39.0. The highest BCUT2D eigenvalue weighted by Crippen LogP contribution is 2.25. The molecule has 1 N–H and O–H groups in total. The van der Waals surface area contributed by atoms with E-state index in [1.165, 1.54) is 0 Å². The Morgan fingerprint density at radius 3 is 1.54 bits per heavy atom. The van der Waals surface area contributed by atoms with Crippen molar-refractivity contribution in [3.05, 3.63) is 72.8 Å². The molecule has 24 heavy (non-hydrogen) atoms. The fraction of sp³-hybridized carbons (Fsp3) is 0.0625. The molecule has 0 aliphatic carbocycles. The first kappa shape index (κ1) is 19.8. The summed E-state index contributed by atoms with van der Waals surface area (Å²) in [5.41, 5.74) is 0.246. The molecule has 2 rings (SSSR count). The third kappa shape index (κ3) is 7.87. The number of carboxylic acids is 1. The van der Waals surface area contributed by atoms with E-state index in [4.69, 9.17) is 5.11 Å². The number of halogens is 4. The van der Waals surface area contributed by atoms with E-state index < -0.39 is 13.2 Å². The SMILES string of the molecule is C=C(C[S+](c1ccccc1)c1ccccc1)C(=O)O.F[B-](F)(F)F. The fourth-order valence-corrected chi connectivity index (χ4v) is 3.76. The average Bonchev–Trinajstić information content (AvgIpc) is 2.52. The van der Waals surface area contributed by atoms with Gasteiger partial charge >= 0.3 is 13.2 Å². The number of hydrogen-bond donors (Lipinski definition) is 1. The van der Waals surface area contributed by atoms with Crippen molar-refractivity contribution < 1.29 is 27.2 Å². The normalized spacial score (nSPS) is 10.7. The maximum absolute atomic E-state index is 11.0. The van der Waals surface area contributed by atoms with Gasteiger partial charge in [0.15, 0.2) is 15.5 Å². The van der Waals surface area contributed by atoms with Crippen LogP contribution in [0.2, 0.25) is 0 Å². The zero-order valence-electron chi connectivity index (χ0n) is 12.5. The summed E-state index contributed by atoms with van der Waals surface area (Å²) >= 11 is 0. The molecule has 2 aromatic carbocycles. The lowest BCUT2D eigenvalue weighted by Gasteiger charge is -2.07. The third-order valence-corrected chi connectivity index (χ3v) is 5.00. The van der Waals surface area contributed by atoms with E-state index in [0.717, 1.165) is 9.79 Å². The molecule has 0 saturated carbocycles. The van der Waals surface area contributed by atoms with E-state index in [2.05, 4.69) is 6.58 Å². The van der Waals surface area contributed by atoms with Gasteiger partial charge < -0.3 is 22.4 Å². The quantitative estimate of drug-likeness (QED) is 0.365. The highest BCUT2D eigenvalue weighted by Gasteiger charge is 2.27. The van der Waals surface area contributed by atoms with Crippen LogP contribution in [-0.4, -0.2) is 24.1 Å². The van der Waals surface area contributed by atoms with Gasteiger partial charge in [-0.05, 0) is 24.3 Å². The molecule has 0 unspecified atom stereocenters. The molecule has 0 radical (unpaired) electrons. The molecule has 2 nitrogen and oxygen atoms in total. The van der Waals surface area contributed by atoms with Crippen LogP contribution in [0.1, 0.15) is 0 Å². The molecule has 0 atom stereocenters. The van der Waals surface area contributed by atoms with Crippen molar-refractivity contribution in [2.45, 2.75) is 9.79 Å². The lowest BCUT2D eigenvalue weighted by Crippen LogP contribution is -2.15. The summed E-state index contributed by atoms with van der Waals surface area (Å²) in [4.78, 5) is 13.3. The lowest BCUT2D eigenvalue weighted by atomic mass is 10.3. The van der Waals surface area contributed by atoms with Crippen LogP contribution in [0.25, 0.3) is 0 Å². The van der Waals surface area contributed by atoms with Crippen LogP contribution in [0, 0.1) is 0 Å². The predicted octanol–water partition coefficient (Wildman–Crippen LogP) is 4.66. The Balaban J connectivity index is 0.000000505. The first-order valence-electron chi connectivity index (χ1n) is 6.78. The second-order valence-corrected chi connectivity index (χ2v) is 6.58. The molecule has 128 valence electrons. The number of aliphatic carboxylic acids is 1. The van der Waals surface area contributed by atoms with Crippen LogP contribution in [0.5, 0.6) is 0 Å². The average molecular weight is 358 g/mol. The first-order chi connectivity index (χ1) is 11.2. The number of hydrogen-bond acceptors (Lipinski definition) is 1. The van der Waals surface area contributed by atoms with E-state index in [-0.39, 0.29) is 16.5 Å². The molecule has 0 saturated heterocycles. The predicted molar refractivity (Wildman–Crippen MR) is 88.6 cm³/mol. The molecule has 0 fully saturated rings. The molecule has 0 amide bonds. The Bertz CT molecular complexity index is 617. The molecular weight excluding hydrogens is 343 g/mol. The molecule has 0 aliphatic rings. The minimum Gasteiger partial charge on any atom is -0.478 e. The van der Waals surface area contributed by atoms with Crippen LogP contribution < -0.4 is 0 Å². The molecule has 0 bridgehead atoms. The van der Waals surface area contributed by atoms with E-state index in [0.29, 0.717) is 5.75 Å². The fourth-order valence-electron chi connectivity index (χ4n) is 1.71. The number of carbonyl (C=O) groups is 1. The van der Waals surface area contributed by atoms with Crippen LogP contribution in [0.4, 0.5) is 17.3 Å². The molecule has 2 aromatic rings. The van der Waals surface area contributed by atoms with Crippen molar-refractivity contribution in [3.8, 4) is 0 Å². The van der Waals surface area contributed by atoms with Crippen molar-refractivity contribution in [2.75, 3.05) is 5.75 Å². The maximum atomic E-state index is 11.0. The van der Waals surface area contributed by atoms with Crippen LogP contribution in [-0.2, 0) is 15.7 Å². The van der Waals surface area contributed by atoms with E-state index >= 15 is 0 Å². The summed E-state index contributed by atoms with van der Waals surface area (Å²) in [6, 6.07) is 19.9. The van der Waals surface area contributed by atoms with Gasteiger partial charge in [0.1, 0.15) is 0 Å². The topological polar surface area (TPSA) is 37.3 Å². The van der Waals surface area contributed by atoms with Gasteiger partial charge in [0.2, 0.25) is 0 Å². The van der Waals surface area contributed by atoms with E-state index in [1.807, 2.05) is 60.7 Å². The molecule has 0 aromatic heterocycles. The second-order valence-electron chi connectivity index (χ2n) is 4.56. The van der Waals surface area contributed by atoms with Gasteiger partial charge in [-0.15, -0.1) is 0 Å². The Morgan fingerprint density at radius 1 is 0.917 bits per heavy atom. The van der Waals surface area contributed by atoms with Gasteiger partial charge in [0, 0.05) is 0 Å². The van der Waals surface area contributed by atoms with Gasteiger partial charge in [-0.3, -0.25) is 0 Å². The highest BCUT2D eigenvalue weighted by atomic mass is 32.2. The minimum absolute atomic E-state index is 0.246. The standard InChI is InChI=1S/C16H14O2S.BF4/c1-13(16(17)18)12-19(14-8-4-2-5-9-14)15-10-6-3-7-11-15;2-1(3,4)5/h2-11H,1,12H2;/q;-1/p+1. The zero-order chi connectivity index (χ0) is 18.2. The molecule has 0 heterocycles. The van der Waals surface area contributed by atoms with Gasteiger partial charge in [0.25, 0.3) is 0 Å². The molecule has 0 spiro atoms. The van der Waals surface area contributed by atoms with Crippen LogP contribution >= 0.6 is 0 Å². The zero-order valence-corrected chi connectivity index (χ0v) is 13.4. The van der Waals surface area contributed by atoms with Gasteiger partial charge in [-0.25, -0.2) is 4.79 Å². The number of carboxylic acid groups (broad SMARTS) is 1. The van der Waals surface area contributed by atoms with Crippen molar-refractivity contribution in [1.29, 1.82) is 0 Å². The third-order valence-electron chi connectivity index (χ3n) is 2.68. The van der Waals surface area contributed by atoms with E-state index in [1.54, 1.807) is 0 Å². The maximum Gasteiger partial charge on any atom is 0.673 e. The Hall–Kier alpha value is -2.22. The van der Waals surface area contributed by atoms with E-state index in [9.17, 15) is 22.1 Å². The Labute approximate surface area is 140 Å². The van der Waals surface area contributed by atoms with Gasteiger partial charge in [-0.1, -0.05) is 43.0 Å². The molecular formula is C16H15BF4O2S. The van der Waals surface area contributed by atoms with Crippen LogP contribution in [0.15, 0.2) is 82.6 Å². The molecule has 0 aliphatic heterocycles. The summed E-state index contributed by atoms with van der Waals surface area (Å²) in [6.07, 6.45) is 0. The summed E-state index contributed by atoms with van der Waals surface area (Å²) in [5, 5.41) is 9.03. The number of benzene rings is 2. The lowest BCUT2D eigenvalue weighted by molar-refractivity contribution is -0.132. The smallest absolute Gasteiger partial charge is 0.478 e. The Kier molecular flexibility index (Phi) is 7.58. The summed E-state index contributed by atoms with van der Waals surface area (Å²) in [6.45, 7) is 3.65. The largest absolute Gasteiger partial charge is 0.673 e. The Morgan fingerprint density at radius 2 is 1.25 bits per heavy atom. The van der Waals surface area contributed by atoms with Crippen molar-refractivity contribution >= 4 is 24.1 Å². The summed E-state index contributed by atoms with van der Waals surface area (Å²) in [5.74, 6) is -0.479. The van der Waals surface area contributed by atoms with Gasteiger partial charge in [0.05, 0.1) is 16.5 Å². The van der Waals surface area contributed by atoms with Crippen molar-refractivity contribution in [1.82, 2.24) is 0 Å². The second kappa shape index (κ2) is 9.17. The minimum atomic E-state index is -6.00. The number of rotatable bonds is 5. The van der Waals surface area contributed by atoms with Crippen LogP contribution in [0.3, 0.4) is 0 Å². The van der Waals surface area contributed by atoms with Crippen molar-refractivity contribution in [3.63, 3.8) is 0 Å². The van der Waals surface area contributed by atoms with Crippen molar-refractivity contribution in [2.24, 2.45) is 0 Å². The highest BCUT2D eigenvalue weighted by molar-refractivity contribution is 7.97. The van der Waals surface area contributed by atoms with Gasteiger partial charge in [-0.2, -0.15) is 0 Å². The summed E-state index contributed by atoms with van der Waals surface area (Å²) in [7, 11) is -6.28.